The Hall–Kier alpha value is 0.110. The average Bonchev–Trinajstić information content (AvgIpc) is 2.40. The van der Waals surface area contributed by atoms with Crippen LogP contribution in [0.3, 0.4) is 0 Å². The lowest BCUT2D eigenvalue weighted by Crippen LogP contribution is -2.45. The second-order valence-corrected chi connectivity index (χ2v) is 7.93. The molecule has 2 aliphatic heterocycles. The molecule has 106 valence electrons. The molecule has 0 aliphatic carbocycles. The van der Waals surface area contributed by atoms with E-state index >= 15 is 0 Å². The van der Waals surface area contributed by atoms with Gasteiger partial charge in [0.15, 0.2) is 0 Å². The van der Waals surface area contributed by atoms with E-state index in [2.05, 4.69) is 9.57 Å². The van der Waals surface area contributed by atoms with Gasteiger partial charge in [0.2, 0.25) is 0 Å². The van der Waals surface area contributed by atoms with Crippen molar-refractivity contribution in [3.05, 3.63) is 0 Å². The van der Waals surface area contributed by atoms with Crippen LogP contribution in [0.15, 0.2) is 0 Å². The first-order chi connectivity index (χ1) is 8.63. The van der Waals surface area contributed by atoms with Crippen molar-refractivity contribution >= 4 is 7.52 Å². The molecule has 1 atom stereocenters. The molecule has 0 spiro atoms. The fourth-order valence-corrected chi connectivity index (χ4v) is 4.79. The highest BCUT2D eigenvalue weighted by molar-refractivity contribution is 7.55. The molecule has 0 amide bonds. The van der Waals surface area contributed by atoms with Crippen LogP contribution >= 0.6 is 7.52 Å². The molecule has 18 heavy (non-hydrogen) atoms. The first kappa shape index (κ1) is 14.5. The summed E-state index contributed by atoms with van der Waals surface area (Å²) in [5.74, 6) is 0. The van der Waals surface area contributed by atoms with Gasteiger partial charge in [-0.3, -0.25) is 4.57 Å². The zero-order valence-corrected chi connectivity index (χ0v) is 12.7. The van der Waals surface area contributed by atoms with Crippen LogP contribution in [0.4, 0.5) is 0 Å². The summed E-state index contributed by atoms with van der Waals surface area (Å²) < 4.78 is 19.8. The van der Waals surface area contributed by atoms with Gasteiger partial charge < -0.3 is 9.42 Å². The van der Waals surface area contributed by atoms with Gasteiger partial charge in [0.1, 0.15) is 0 Å². The highest BCUT2D eigenvalue weighted by atomic mass is 31.2. The number of nitrogens with zero attached hydrogens (tertiary/aromatic N) is 2. The summed E-state index contributed by atoms with van der Waals surface area (Å²) >= 11 is 0. The second kappa shape index (κ2) is 6.51. The Bertz CT molecular complexity index is 297. The molecule has 1 unspecified atom stereocenters. The lowest BCUT2D eigenvalue weighted by molar-refractivity contribution is 0.112. The SMILES string of the molecule is CCOP(C)(=O)N1CCC(N2CCCCC2)CC1. The average molecular weight is 274 g/mol. The predicted octanol–water partition coefficient (Wildman–Crippen LogP) is 2.80. The molecular formula is C13H27N2O2P. The van der Waals surface area contributed by atoms with E-state index in [0.29, 0.717) is 12.6 Å². The fourth-order valence-electron chi connectivity index (χ4n) is 3.19. The fraction of sp³-hybridized carbons (Fsp3) is 1.00. The maximum atomic E-state index is 12.3. The van der Waals surface area contributed by atoms with E-state index in [1.807, 2.05) is 6.92 Å². The van der Waals surface area contributed by atoms with Crippen molar-refractivity contribution in [3.63, 3.8) is 0 Å². The maximum Gasteiger partial charge on any atom is 0.269 e. The van der Waals surface area contributed by atoms with E-state index < -0.39 is 7.52 Å². The smallest absolute Gasteiger partial charge is 0.269 e. The minimum Gasteiger partial charge on any atom is -0.318 e. The van der Waals surface area contributed by atoms with E-state index in [1.54, 1.807) is 6.66 Å². The summed E-state index contributed by atoms with van der Waals surface area (Å²) in [6.07, 6.45) is 6.39. The Morgan fingerprint density at radius 2 is 1.72 bits per heavy atom. The van der Waals surface area contributed by atoms with Gasteiger partial charge in [-0.2, -0.15) is 0 Å². The molecule has 2 heterocycles. The standard InChI is InChI=1S/C13H27N2O2P/c1-3-17-18(2,16)15-11-7-13(8-12-15)14-9-5-4-6-10-14/h13H,3-12H2,1-2H3. The molecule has 2 rings (SSSR count). The molecule has 0 saturated carbocycles. The Kier molecular flexibility index (Phi) is 5.25. The minimum absolute atomic E-state index is 0.541. The maximum absolute atomic E-state index is 12.3. The van der Waals surface area contributed by atoms with Crippen LogP contribution in [0.1, 0.15) is 39.0 Å². The number of hydrogen-bond acceptors (Lipinski definition) is 3. The summed E-state index contributed by atoms with van der Waals surface area (Å²) in [6, 6.07) is 0.711. The lowest BCUT2D eigenvalue weighted by atomic mass is 10.0. The van der Waals surface area contributed by atoms with Crippen LogP contribution in [-0.4, -0.2) is 55.1 Å². The van der Waals surface area contributed by atoms with Crippen LogP contribution in [0.25, 0.3) is 0 Å². The molecule has 0 radical (unpaired) electrons. The minimum atomic E-state index is -2.52. The largest absolute Gasteiger partial charge is 0.318 e. The van der Waals surface area contributed by atoms with Crippen LogP contribution in [0, 0.1) is 0 Å². The van der Waals surface area contributed by atoms with Gasteiger partial charge in [0.25, 0.3) is 7.52 Å². The summed E-state index contributed by atoms with van der Waals surface area (Å²) in [5.41, 5.74) is 0. The molecule has 2 aliphatic rings. The van der Waals surface area contributed by atoms with Crippen molar-refractivity contribution < 1.29 is 9.09 Å². The molecule has 0 aromatic heterocycles. The molecule has 0 aromatic carbocycles. The summed E-state index contributed by atoms with van der Waals surface area (Å²) in [4.78, 5) is 2.64. The molecule has 2 saturated heterocycles. The van der Waals surface area contributed by atoms with Crippen LogP contribution in [0.5, 0.6) is 0 Å². The quantitative estimate of drug-likeness (QED) is 0.738. The monoisotopic (exact) mass is 274 g/mol. The van der Waals surface area contributed by atoms with Crippen molar-refractivity contribution in [2.24, 2.45) is 0 Å². The topological polar surface area (TPSA) is 32.8 Å². The molecular weight excluding hydrogens is 247 g/mol. The van der Waals surface area contributed by atoms with Gasteiger partial charge in [0, 0.05) is 25.8 Å². The third-order valence-electron chi connectivity index (χ3n) is 4.23. The van der Waals surface area contributed by atoms with E-state index in [4.69, 9.17) is 4.52 Å². The Labute approximate surface area is 111 Å². The predicted molar refractivity (Wildman–Crippen MR) is 75.2 cm³/mol. The van der Waals surface area contributed by atoms with Crippen LogP contribution in [0.2, 0.25) is 0 Å². The summed E-state index contributed by atoms with van der Waals surface area (Å²) in [7, 11) is -2.52. The van der Waals surface area contributed by atoms with E-state index in [1.165, 1.54) is 32.4 Å². The van der Waals surface area contributed by atoms with Crippen molar-refractivity contribution in [3.8, 4) is 0 Å². The van der Waals surface area contributed by atoms with Gasteiger partial charge in [-0.1, -0.05) is 6.42 Å². The van der Waals surface area contributed by atoms with Gasteiger partial charge >= 0.3 is 0 Å². The molecule has 0 N–H and O–H groups in total. The van der Waals surface area contributed by atoms with E-state index in [0.717, 1.165) is 25.9 Å². The zero-order valence-electron chi connectivity index (χ0n) is 11.8. The Morgan fingerprint density at radius 3 is 2.28 bits per heavy atom. The summed E-state index contributed by atoms with van der Waals surface area (Å²) in [5, 5.41) is 0. The molecule has 2 fully saturated rings. The molecule has 5 heteroatoms. The zero-order chi connectivity index (χ0) is 13.0. The number of hydrogen-bond donors (Lipinski definition) is 0. The second-order valence-electron chi connectivity index (χ2n) is 5.50. The molecule has 4 nitrogen and oxygen atoms in total. The normalized spacial score (nSPS) is 28.1. The van der Waals surface area contributed by atoms with E-state index in [9.17, 15) is 4.57 Å². The van der Waals surface area contributed by atoms with Gasteiger partial charge in [-0.15, -0.1) is 0 Å². The first-order valence-corrected chi connectivity index (χ1v) is 9.37. The van der Waals surface area contributed by atoms with Crippen molar-refractivity contribution in [1.82, 2.24) is 9.57 Å². The summed E-state index contributed by atoms with van der Waals surface area (Å²) in [6.45, 7) is 8.60. The van der Waals surface area contributed by atoms with E-state index in [-0.39, 0.29) is 0 Å². The van der Waals surface area contributed by atoms with Crippen molar-refractivity contribution in [2.75, 3.05) is 39.5 Å². The van der Waals surface area contributed by atoms with Gasteiger partial charge in [-0.25, -0.2) is 4.67 Å². The van der Waals surface area contributed by atoms with Crippen molar-refractivity contribution in [1.29, 1.82) is 0 Å². The third kappa shape index (κ3) is 3.57. The van der Waals surface area contributed by atoms with Crippen molar-refractivity contribution in [2.45, 2.75) is 45.1 Å². The Balaban J connectivity index is 1.82. The molecule has 0 bridgehead atoms. The van der Waals surface area contributed by atoms with Gasteiger partial charge in [-0.05, 0) is 45.7 Å². The van der Waals surface area contributed by atoms with Gasteiger partial charge in [0.05, 0.1) is 6.61 Å². The Morgan fingerprint density at radius 1 is 1.11 bits per heavy atom. The van der Waals surface area contributed by atoms with Crippen LogP contribution in [-0.2, 0) is 9.09 Å². The first-order valence-electron chi connectivity index (χ1n) is 7.35. The van der Waals surface area contributed by atoms with Crippen LogP contribution < -0.4 is 0 Å². The highest BCUT2D eigenvalue weighted by Gasteiger charge is 2.32. The number of rotatable bonds is 4. The number of piperidine rings is 2. The lowest BCUT2D eigenvalue weighted by Gasteiger charge is -2.41. The highest BCUT2D eigenvalue weighted by Crippen LogP contribution is 2.48. The number of likely N-dealkylation sites (tertiary alicyclic amines) is 1. The molecule has 0 aromatic rings. The third-order valence-corrected chi connectivity index (χ3v) is 6.40.